The maximum atomic E-state index is 13.3. The van der Waals surface area contributed by atoms with Crippen LogP contribution in [0.15, 0.2) is 59.8 Å². The number of nitrogens with zero attached hydrogens (tertiary/aromatic N) is 3. The van der Waals surface area contributed by atoms with Gasteiger partial charge in [0.15, 0.2) is 0 Å². The Kier molecular flexibility index (Phi) is 7.28. The first kappa shape index (κ1) is 24.9. The number of nitrogens with one attached hydrogen (secondary N) is 1. The molecule has 0 bridgehead atoms. The smallest absolute Gasteiger partial charge is 0.243 e. The quantitative estimate of drug-likeness (QED) is 0.542. The lowest BCUT2D eigenvalue weighted by atomic mass is 9.96. The number of aryl methyl sites for hydroxylation is 3. The number of sulfonamides is 1. The molecule has 1 aliphatic rings. The van der Waals surface area contributed by atoms with E-state index in [0.717, 1.165) is 28.3 Å². The molecule has 1 aliphatic heterocycles. The second-order valence-corrected chi connectivity index (χ2v) is 11.0. The van der Waals surface area contributed by atoms with Gasteiger partial charge in [-0.15, -0.1) is 0 Å². The number of imidazole rings is 1. The van der Waals surface area contributed by atoms with Crippen LogP contribution in [-0.4, -0.2) is 48.4 Å². The van der Waals surface area contributed by atoms with Gasteiger partial charge in [-0.05, 0) is 67.6 Å². The predicted molar refractivity (Wildman–Crippen MR) is 134 cm³/mol. The Morgan fingerprint density at radius 2 is 1.77 bits per heavy atom. The number of amides is 1. The highest BCUT2D eigenvalue weighted by molar-refractivity contribution is 7.89. The lowest BCUT2D eigenvalue weighted by molar-refractivity contribution is -0.126. The average molecular weight is 497 g/mol. The summed E-state index contributed by atoms with van der Waals surface area (Å²) in [5, 5.41) is 3.15. The topological polar surface area (TPSA) is 93.5 Å². The van der Waals surface area contributed by atoms with E-state index < -0.39 is 16.1 Å². The first-order chi connectivity index (χ1) is 16.7. The zero-order valence-electron chi connectivity index (χ0n) is 20.6. The predicted octanol–water partition coefficient (Wildman–Crippen LogP) is 3.35. The van der Waals surface area contributed by atoms with Crippen LogP contribution >= 0.6 is 0 Å². The number of carbonyl (C=O) groups is 1. The molecule has 1 atom stereocenters. The van der Waals surface area contributed by atoms with Crippen LogP contribution in [0.1, 0.15) is 41.4 Å². The second-order valence-electron chi connectivity index (χ2n) is 9.04. The Balaban J connectivity index is 1.46. The summed E-state index contributed by atoms with van der Waals surface area (Å²) < 4.78 is 34.9. The monoisotopic (exact) mass is 496 g/mol. The normalized spacial score (nSPS) is 16.1. The average Bonchev–Trinajstić information content (AvgIpc) is 3.29. The van der Waals surface area contributed by atoms with E-state index in [4.69, 9.17) is 4.74 Å². The van der Waals surface area contributed by atoms with E-state index in [1.807, 2.05) is 62.0 Å². The molecule has 1 N–H and O–H groups in total. The lowest BCUT2D eigenvalue weighted by Crippen LogP contribution is -2.44. The first-order valence-corrected chi connectivity index (χ1v) is 13.1. The Morgan fingerprint density at radius 1 is 1.09 bits per heavy atom. The molecule has 4 rings (SSSR count). The van der Waals surface area contributed by atoms with Gasteiger partial charge in [0, 0.05) is 38.4 Å². The van der Waals surface area contributed by atoms with Gasteiger partial charge >= 0.3 is 0 Å². The Morgan fingerprint density at radius 3 is 2.34 bits per heavy atom. The van der Waals surface area contributed by atoms with Crippen molar-refractivity contribution in [3.05, 3.63) is 77.4 Å². The number of rotatable bonds is 7. The van der Waals surface area contributed by atoms with Gasteiger partial charge in [-0.1, -0.05) is 18.2 Å². The molecule has 9 heteroatoms. The van der Waals surface area contributed by atoms with E-state index in [1.165, 1.54) is 4.31 Å². The van der Waals surface area contributed by atoms with Crippen molar-refractivity contribution in [2.75, 3.05) is 20.2 Å². The van der Waals surface area contributed by atoms with Crippen molar-refractivity contribution < 1.29 is 17.9 Å². The number of methoxy groups -OCH3 is 1. The van der Waals surface area contributed by atoms with E-state index in [-0.39, 0.29) is 11.8 Å². The van der Waals surface area contributed by atoms with Gasteiger partial charge in [0.05, 0.1) is 12.0 Å². The Hall–Kier alpha value is -3.17. The van der Waals surface area contributed by atoms with Crippen molar-refractivity contribution in [2.45, 2.75) is 37.6 Å². The van der Waals surface area contributed by atoms with E-state index in [0.29, 0.717) is 30.8 Å². The van der Waals surface area contributed by atoms with Crippen LogP contribution in [-0.2, 0) is 21.9 Å². The third-order valence-electron chi connectivity index (χ3n) is 6.79. The minimum Gasteiger partial charge on any atom is -0.497 e. The lowest BCUT2D eigenvalue weighted by Gasteiger charge is -2.31. The summed E-state index contributed by atoms with van der Waals surface area (Å²) in [7, 11) is -0.0870. The summed E-state index contributed by atoms with van der Waals surface area (Å²) in [4.78, 5) is 18.0. The van der Waals surface area contributed by atoms with Gasteiger partial charge < -0.3 is 14.6 Å². The van der Waals surface area contributed by atoms with Gasteiger partial charge in [-0.3, -0.25) is 4.79 Å². The molecule has 1 amide bonds. The largest absolute Gasteiger partial charge is 0.497 e. The number of hydrogen-bond acceptors (Lipinski definition) is 5. The van der Waals surface area contributed by atoms with Gasteiger partial charge in [0.2, 0.25) is 15.9 Å². The van der Waals surface area contributed by atoms with Crippen LogP contribution in [0.3, 0.4) is 0 Å². The molecule has 2 aromatic carbocycles. The second kappa shape index (κ2) is 10.2. The highest BCUT2D eigenvalue weighted by atomic mass is 32.2. The molecule has 1 aromatic heterocycles. The van der Waals surface area contributed by atoms with Crippen molar-refractivity contribution in [1.82, 2.24) is 19.2 Å². The molecule has 2 heterocycles. The molecule has 186 valence electrons. The SMILES string of the molecule is COc1ccc([C@H](NC(=O)C2CCN(S(=O)(=O)c3ccc(C)c(C)c3)CC2)c2nccn2C)cc1. The molecule has 0 radical (unpaired) electrons. The van der Waals surface area contributed by atoms with Crippen molar-refractivity contribution in [1.29, 1.82) is 0 Å². The minimum atomic E-state index is -3.59. The number of aromatic nitrogens is 2. The summed E-state index contributed by atoms with van der Waals surface area (Å²) in [6.07, 6.45) is 4.47. The van der Waals surface area contributed by atoms with Crippen molar-refractivity contribution in [3.8, 4) is 5.75 Å². The molecule has 1 saturated heterocycles. The molecule has 8 nitrogen and oxygen atoms in total. The van der Waals surface area contributed by atoms with Crippen LogP contribution in [0.5, 0.6) is 5.75 Å². The van der Waals surface area contributed by atoms with E-state index in [2.05, 4.69) is 10.3 Å². The summed E-state index contributed by atoms with van der Waals surface area (Å²) in [5.74, 6) is 1.08. The molecule has 0 aliphatic carbocycles. The van der Waals surface area contributed by atoms with Crippen LogP contribution in [0.2, 0.25) is 0 Å². The number of hydrogen-bond donors (Lipinski definition) is 1. The molecule has 1 fully saturated rings. The van der Waals surface area contributed by atoms with Gasteiger partial charge in [-0.2, -0.15) is 4.31 Å². The summed E-state index contributed by atoms with van der Waals surface area (Å²) in [5.41, 5.74) is 2.89. The van der Waals surface area contributed by atoms with Crippen molar-refractivity contribution in [3.63, 3.8) is 0 Å². The Bertz CT molecular complexity index is 1290. The number of piperidine rings is 1. The maximum absolute atomic E-state index is 13.3. The molecule has 0 saturated carbocycles. The number of ether oxygens (including phenoxy) is 1. The fraction of sp³-hybridized carbons (Fsp3) is 0.385. The molecule has 0 spiro atoms. The molecule has 0 unspecified atom stereocenters. The van der Waals surface area contributed by atoms with Crippen molar-refractivity contribution in [2.24, 2.45) is 13.0 Å². The summed E-state index contributed by atoms with van der Waals surface area (Å²) >= 11 is 0. The van der Waals surface area contributed by atoms with Crippen LogP contribution < -0.4 is 10.1 Å². The fourth-order valence-corrected chi connectivity index (χ4v) is 5.95. The van der Waals surface area contributed by atoms with E-state index in [9.17, 15) is 13.2 Å². The highest BCUT2D eigenvalue weighted by Crippen LogP contribution is 2.28. The van der Waals surface area contributed by atoms with Crippen LogP contribution in [0.4, 0.5) is 0 Å². The highest BCUT2D eigenvalue weighted by Gasteiger charge is 2.33. The summed E-state index contributed by atoms with van der Waals surface area (Å²) in [6, 6.07) is 12.3. The third kappa shape index (κ3) is 5.26. The minimum absolute atomic E-state index is 0.1000. The van der Waals surface area contributed by atoms with Gasteiger partial charge in [0.1, 0.15) is 17.6 Å². The molecule has 3 aromatic rings. The zero-order chi connectivity index (χ0) is 25.2. The maximum Gasteiger partial charge on any atom is 0.243 e. The molecular formula is C26H32N4O4S. The zero-order valence-corrected chi connectivity index (χ0v) is 21.4. The summed E-state index contributed by atoms with van der Waals surface area (Å²) in [6.45, 7) is 4.48. The number of carbonyl (C=O) groups excluding carboxylic acids is 1. The third-order valence-corrected chi connectivity index (χ3v) is 8.69. The standard InChI is InChI=1S/C26H32N4O4S/c1-18-5-10-23(17-19(18)2)35(32,33)30-14-11-21(12-15-30)26(31)28-24(25-27-13-16-29(25)3)20-6-8-22(34-4)9-7-20/h5-10,13,16-17,21,24H,11-12,14-15H2,1-4H3,(H,28,31)/t24-/m0/s1. The van der Waals surface area contributed by atoms with Gasteiger partial charge in [-0.25, -0.2) is 13.4 Å². The van der Waals surface area contributed by atoms with Crippen LogP contribution in [0.25, 0.3) is 0 Å². The number of benzene rings is 2. The van der Waals surface area contributed by atoms with E-state index >= 15 is 0 Å². The molecule has 35 heavy (non-hydrogen) atoms. The Labute approximate surface area is 207 Å². The molecular weight excluding hydrogens is 464 g/mol. The van der Waals surface area contributed by atoms with Crippen molar-refractivity contribution >= 4 is 15.9 Å². The van der Waals surface area contributed by atoms with Gasteiger partial charge in [0.25, 0.3) is 0 Å². The first-order valence-electron chi connectivity index (χ1n) is 11.7. The van der Waals surface area contributed by atoms with Crippen LogP contribution in [0, 0.1) is 19.8 Å². The van der Waals surface area contributed by atoms with E-state index in [1.54, 1.807) is 25.4 Å². The fourth-order valence-electron chi connectivity index (χ4n) is 4.39.